The molecule has 1 saturated heterocycles. The standard InChI is InChI=1S/C9H15N3O/c1-11-5-4-9(10-11)12-6-2-8(13)3-7-12/h4-5,8,13H,2-3,6-7H2,1H3. The molecule has 1 aliphatic heterocycles. The Morgan fingerprint density at radius 1 is 1.46 bits per heavy atom. The molecule has 0 amide bonds. The van der Waals surface area contributed by atoms with Gasteiger partial charge in [-0.15, -0.1) is 0 Å². The highest BCUT2D eigenvalue weighted by Crippen LogP contribution is 2.17. The molecule has 0 bridgehead atoms. The zero-order chi connectivity index (χ0) is 9.26. The lowest BCUT2D eigenvalue weighted by Gasteiger charge is -2.29. The minimum Gasteiger partial charge on any atom is -0.393 e. The maximum absolute atomic E-state index is 9.33. The van der Waals surface area contributed by atoms with Gasteiger partial charge in [-0.25, -0.2) is 0 Å². The Kier molecular flexibility index (Phi) is 2.22. The van der Waals surface area contributed by atoms with E-state index in [4.69, 9.17) is 0 Å². The highest BCUT2D eigenvalue weighted by atomic mass is 16.3. The Morgan fingerprint density at radius 3 is 2.69 bits per heavy atom. The molecule has 1 N–H and O–H groups in total. The lowest BCUT2D eigenvalue weighted by Crippen LogP contribution is -2.36. The first kappa shape index (κ1) is 8.56. The van der Waals surface area contributed by atoms with E-state index in [1.807, 2.05) is 19.3 Å². The molecule has 72 valence electrons. The van der Waals surface area contributed by atoms with Gasteiger partial charge in [-0.2, -0.15) is 5.10 Å². The molecular formula is C9H15N3O. The molecule has 4 heteroatoms. The summed E-state index contributed by atoms with van der Waals surface area (Å²) in [5.74, 6) is 1.02. The number of hydrogen-bond donors (Lipinski definition) is 1. The van der Waals surface area contributed by atoms with E-state index in [1.54, 1.807) is 4.68 Å². The number of aromatic nitrogens is 2. The molecule has 4 nitrogen and oxygen atoms in total. The van der Waals surface area contributed by atoms with Crippen LogP contribution in [0.3, 0.4) is 0 Å². The highest BCUT2D eigenvalue weighted by molar-refractivity contribution is 5.37. The largest absolute Gasteiger partial charge is 0.393 e. The van der Waals surface area contributed by atoms with Crippen LogP contribution < -0.4 is 4.90 Å². The van der Waals surface area contributed by atoms with E-state index in [0.29, 0.717) is 0 Å². The summed E-state index contributed by atoms with van der Waals surface area (Å²) in [6.07, 6.45) is 3.55. The second kappa shape index (κ2) is 3.38. The van der Waals surface area contributed by atoms with Crippen LogP contribution >= 0.6 is 0 Å². The third kappa shape index (κ3) is 1.83. The van der Waals surface area contributed by atoms with Crippen molar-refractivity contribution in [2.45, 2.75) is 18.9 Å². The molecule has 2 heterocycles. The fraction of sp³-hybridized carbons (Fsp3) is 0.667. The topological polar surface area (TPSA) is 41.3 Å². The second-order valence-electron chi connectivity index (χ2n) is 3.57. The van der Waals surface area contributed by atoms with Gasteiger partial charge in [-0.05, 0) is 12.8 Å². The van der Waals surface area contributed by atoms with Gasteiger partial charge in [0, 0.05) is 32.4 Å². The second-order valence-corrected chi connectivity index (χ2v) is 3.57. The lowest BCUT2D eigenvalue weighted by atomic mass is 10.1. The van der Waals surface area contributed by atoms with Crippen molar-refractivity contribution in [2.75, 3.05) is 18.0 Å². The predicted octanol–water partition coefficient (Wildman–Crippen LogP) is 0.381. The first-order chi connectivity index (χ1) is 6.25. The summed E-state index contributed by atoms with van der Waals surface area (Å²) in [6.45, 7) is 1.83. The maximum Gasteiger partial charge on any atom is 0.150 e. The molecule has 0 saturated carbocycles. The molecule has 1 aromatic rings. The third-order valence-corrected chi connectivity index (χ3v) is 2.49. The van der Waals surface area contributed by atoms with Crippen LogP contribution in [0, 0.1) is 0 Å². The average molecular weight is 181 g/mol. The number of aliphatic hydroxyl groups is 1. The van der Waals surface area contributed by atoms with E-state index in [1.165, 1.54) is 0 Å². The van der Waals surface area contributed by atoms with Gasteiger partial charge in [0.05, 0.1) is 6.10 Å². The summed E-state index contributed by atoms with van der Waals surface area (Å²) in [5, 5.41) is 13.6. The third-order valence-electron chi connectivity index (χ3n) is 2.49. The molecule has 13 heavy (non-hydrogen) atoms. The van der Waals surface area contributed by atoms with Crippen molar-refractivity contribution in [1.82, 2.24) is 9.78 Å². The summed E-state index contributed by atoms with van der Waals surface area (Å²) in [5.41, 5.74) is 0. The summed E-state index contributed by atoms with van der Waals surface area (Å²) < 4.78 is 1.81. The van der Waals surface area contributed by atoms with Crippen molar-refractivity contribution in [3.05, 3.63) is 12.3 Å². The highest BCUT2D eigenvalue weighted by Gasteiger charge is 2.18. The van der Waals surface area contributed by atoms with Crippen LogP contribution in [0.25, 0.3) is 0 Å². The van der Waals surface area contributed by atoms with Crippen LogP contribution in [-0.4, -0.2) is 34.1 Å². The molecule has 0 aliphatic carbocycles. The summed E-state index contributed by atoms with van der Waals surface area (Å²) in [4.78, 5) is 2.22. The maximum atomic E-state index is 9.33. The fourth-order valence-electron chi connectivity index (χ4n) is 1.67. The van der Waals surface area contributed by atoms with Gasteiger partial charge in [0.25, 0.3) is 0 Å². The van der Waals surface area contributed by atoms with Gasteiger partial charge in [0.2, 0.25) is 0 Å². The molecule has 0 unspecified atom stereocenters. The smallest absolute Gasteiger partial charge is 0.150 e. The minimum absolute atomic E-state index is 0.111. The van der Waals surface area contributed by atoms with Crippen LogP contribution in [0.4, 0.5) is 5.82 Å². The first-order valence-electron chi connectivity index (χ1n) is 4.68. The van der Waals surface area contributed by atoms with E-state index < -0.39 is 0 Å². The first-order valence-corrected chi connectivity index (χ1v) is 4.68. The van der Waals surface area contributed by atoms with Crippen molar-refractivity contribution < 1.29 is 5.11 Å². The predicted molar refractivity (Wildman–Crippen MR) is 50.7 cm³/mol. The van der Waals surface area contributed by atoms with Crippen LogP contribution in [0.5, 0.6) is 0 Å². The van der Waals surface area contributed by atoms with E-state index in [2.05, 4.69) is 10.00 Å². The molecule has 0 spiro atoms. The van der Waals surface area contributed by atoms with Crippen LogP contribution in [0.2, 0.25) is 0 Å². The molecular weight excluding hydrogens is 166 g/mol. The molecule has 0 atom stereocenters. The lowest BCUT2D eigenvalue weighted by molar-refractivity contribution is 0.145. The van der Waals surface area contributed by atoms with Gasteiger partial charge in [0.1, 0.15) is 0 Å². The van der Waals surface area contributed by atoms with Crippen molar-refractivity contribution in [1.29, 1.82) is 0 Å². The summed E-state index contributed by atoms with van der Waals surface area (Å²) in [6, 6.07) is 2.01. The molecule has 2 rings (SSSR count). The zero-order valence-electron chi connectivity index (χ0n) is 7.85. The Hall–Kier alpha value is -1.03. The quantitative estimate of drug-likeness (QED) is 0.681. The Morgan fingerprint density at radius 2 is 2.15 bits per heavy atom. The summed E-state index contributed by atoms with van der Waals surface area (Å²) in [7, 11) is 1.92. The van der Waals surface area contributed by atoms with Gasteiger partial charge >= 0.3 is 0 Å². The van der Waals surface area contributed by atoms with E-state index in [9.17, 15) is 5.11 Å². The summed E-state index contributed by atoms with van der Waals surface area (Å²) >= 11 is 0. The van der Waals surface area contributed by atoms with E-state index in [-0.39, 0.29) is 6.10 Å². The Bertz CT molecular complexity index is 276. The monoisotopic (exact) mass is 181 g/mol. The van der Waals surface area contributed by atoms with Crippen molar-refractivity contribution >= 4 is 5.82 Å². The number of nitrogens with zero attached hydrogens (tertiary/aromatic N) is 3. The van der Waals surface area contributed by atoms with Crippen LogP contribution in [0.1, 0.15) is 12.8 Å². The van der Waals surface area contributed by atoms with Gasteiger partial charge < -0.3 is 10.0 Å². The number of aryl methyl sites for hydroxylation is 1. The molecule has 0 radical (unpaired) electrons. The van der Waals surface area contributed by atoms with Crippen LogP contribution in [-0.2, 0) is 7.05 Å². The number of piperidine rings is 1. The fourth-order valence-corrected chi connectivity index (χ4v) is 1.67. The average Bonchev–Trinajstić information content (AvgIpc) is 2.53. The van der Waals surface area contributed by atoms with Crippen molar-refractivity contribution in [3.63, 3.8) is 0 Å². The zero-order valence-corrected chi connectivity index (χ0v) is 7.85. The number of aliphatic hydroxyl groups excluding tert-OH is 1. The van der Waals surface area contributed by atoms with Crippen molar-refractivity contribution in [2.24, 2.45) is 7.05 Å². The van der Waals surface area contributed by atoms with Crippen LogP contribution in [0.15, 0.2) is 12.3 Å². The van der Waals surface area contributed by atoms with Gasteiger partial charge in [-0.3, -0.25) is 4.68 Å². The number of hydrogen-bond acceptors (Lipinski definition) is 3. The molecule has 1 aliphatic rings. The van der Waals surface area contributed by atoms with Gasteiger partial charge in [-0.1, -0.05) is 0 Å². The minimum atomic E-state index is -0.111. The number of anilines is 1. The molecule has 1 fully saturated rings. The van der Waals surface area contributed by atoms with E-state index in [0.717, 1.165) is 31.7 Å². The van der Waals surface area contributed by atoms with Gasteiger partial charge in [0.15, 0.2) is 5.82 Å². The number of rotatable bonds is 1. The molecule has 0 aromatic carbocycles. The molecule has 1 aromatic heterocycles. The SMILES string of the molecule is Cn1ccc(N2CCC(O)CC2)n1. The normalized spacial score (nSPS) is 19.4. The Balaban J connectivity index is 2.02. The van der Waals surface area contributed by atoms with E-state index >= 15 is 0 Å². The Labute approximate surface area is 77.8 Å². The van der Waals surface area contributed by atoms with Crippen molar-refractivity contribution in [3.8, 4) is 0 Å².